The third kappa shape index (κ3) is 4.58. The number of para-hydroxylation sites is 1. The fraction of sp³-hybridized carbons (Fsp3) is 0.353. The minimum Gasteiger partial charge on any atom is -0.493 e. The van der Waals surface area contributed by atoms with Crippen molar-refractivity contribution < 1.29 is 9.47 Å². The van der Waals surface area contributed by atoms with Crippen LogP contribution in [-0.2, 0) is 6.42 Å². The van der Waals surface area contributed by atoms with Crippen molar-refractivity contribution in [3.63, 3.8) is 0 Å². The fourth-order valence-corrected chi connectivity index (χ4v) is 2.06. The van der Waals surface area contributed by atoms with Crippen LogP contribution in [0.3, 0.4) is 0 Å². The Hall–Kier alpha value is -2.83. The monoisotopic (exact) mass is 330 g/mol. The molecular weight excluding hydrogens is 308 g/mol. The summed E-state index contributed by atoms with van der Waals surface area (Å²) in [6, 6.07) is 7.03. The predicted octanol–water partition coefficient (Wildman–Crippen LogP) is 2.58. The van der Waals surface area contributed by atoms with Gasteiger partial charge in [-0.05, 0) is 25.0 Å². The van der Waals surface area contributed by atoms with Crippen molar-refractivity contribution in [1.29, 1.82) is 0 Å². The molecule has 0 saturated carbocycles. The molecule has 0 fully saturated rings. The molecule has 0 unspecified atom stereocenters. The van der Waals surface area contributed by atoms with Crippen LogP contribution in [-0.4, -0.2) is 29.9 Å². The zero-order valence-electron chi connectivity index (χ0n) is 14.1. The summed E-state index contributed by atoms with van der Waals surface area (Å²) in [4.78, 5) is 18.4. The highest BCUT2D eigenvalue weighted by Crippen LogP contribution is 2.30. The summed E-state index contributed by atoms with van der Waals surface area (Å²) < 4.78 is 11.1. The van der Waals surface area contributed by atoms with E-state index >= 15 is 0 Å². The van der Waals surface area contributed by atoms with E-state index in [1.165, 1.54) is 6.07 Å². The van der Waals surface area contributed by atoms with Crippen LogP contribution in [0.25, 0.3) is 0 Å². The molecule has 1 heterocycles. The molecular formula is C17H22N4O3. The zero-order valence-corrected chi connectivity index (χ0v) is 14.1. The quantitative estimate of drug-likeness (QED) is 0.574. The summed E-state index contributed by atoms with van der Waals surface area (Å²) in [6.45, 7) is 4.55. The number of nitrogens with one attached hydrogen (secondary N) is 2. The zero-order chi connectivity index (χ0) is 17.4. The van der Waals surface area contributed by atoms with E-state index in [0.29, 0.717) is 36.2 Å². The van der Waals surface area contributed by atoms with Gasteiger partial charge in [-0.2, -0.15) is 5.10 Å². The van der Waals surface area contributed by atoms with E-state index in [1.807, 2.05) is 32.0 Å². The number of aromatic nitrogens is 2. The highest BCUT2D eigenvalue weighted by molar-refractivity contribution is 5.85. The van der Waals surface area contributed by atoms with Gasteiger partial charge in [0.15, 0.2) is 11.5 Å². The first kappa shape index (κ1) is 17.5. The largest absolute Gasteiger partial charge is 0.493 e. The first-order valence-corrected chi connectivity index (χ1v) is 7.87. The summed E-state index contributed by atoms with van der Waals surface area (Å²) >= 11 is 0. The lowest BCUT2D eigenvalue weighted by atomic mass is 10.2. The lowest BCUT2D eigenvalue weighted by Crippen LogP contribution is -2.11. The molecule has 0 spiro atoms. The average molecular weight is 330 g/mol. The van der Waals surface area contributed by atoms with Gasteiger partial charge in [0.25, 0.3) is 5.56 Å². The molecule has 2 rings (SSSR count). The van der Waals surface area contributed by atoms with E-state index in [0.717, 1.165) is 12.0 Å². The molecule has 0 atom stereocenters. The number of H-pyrrole nitrogens is 1. The second-order valence-electron chi connectivity index (χ2n) is 5.04. The Bertz CT molecular complexity index is 756. The van der Waals surface area contributed by atoms with Gasteiger partial charge in [0.05, 0.1) is 19.9 Å². The summed E-state index contributed by atoms with van der Waals surface area (Å²) in [5.74, 6) is 1.58. The van der Waals surface area contributed by atoms with Crippen LogP contribution in [0.2, 0.25) is 0 Å². The number of aryl methyl sites for hydroxylation is 1. The molecule has 7 nitrogen and oxygen atoms in total. The van der Waals surface area contributed by atoms with Crippen molar-refractivity contribution >= 4 is 12.2 Å². The van der Waals surface area contributed by atoms with E-state index in [2.05, 4.69) is 20.5 Å². The maximum Gasteiger partial charge on any atom is 0.252 e. The average Bonchev–Trinajstić information content (AvgIpc) is 2.59. The van der Waals surface area contributed by atoms with E-state index in [1.54, 1.807) is 13.3 Å². The lowest BCUT2D eigenvalue weighted by Gasteiger charge is -2.12. The van der Waals surface area contributed by atoms with Crippen LogP contribution >= 0.6 is 0 Å². The number of ether oxygens (including phenoxy) is 2. The van der Waals surface area contributed by atoms with Gasteiger partial charge in [0.2, 0.25) is 5.95 Å². The van der Waals surface area contributed by atoms with E-state index < -0.39 is 0 Å². The first-order chi connectivity index (χ1) is 11.7. The third-order valence-electron chi connectivity index (χ3n) is 3.21. The summed E-state index contributed by atoms with van der Waals surface area (Å²) in [6.07, 6.45) is 3.17. The maximum atomic E-state index is 11.5. The van der Waals surface area contributed by atoms with Gasteiger partial charge in [-0.15, -0.1) is 0 Å². The molecule has 1 aromatic carbocycles. The van der Waals surface area contributed by atoms with Crippen LogP contribution in [0.5, 0.6) is 11.5 Å². The summed E-state index contributed by atoms with van der Waals surface area (Å²) in [7, 11) is 1.60. The minimum absolute atomic E-state index is 0.215. The number of anilines is 1. The third-order valence-corrected chi connectivity index (χ3v) is 3.21. The number of rotatable bonds is 8. The molecule has 128 valence electrons. The van der Waals surface area contributed by atoms with Crippen molar-refractivity contribution in [3.8, 4) is 11.5 Å². The highest BCUT2D eigenvalue weighted by Gasteiger charge is 2.08. The molecule has 2 N–H and O–H groups in total. The number of hydrazone groups is 1. The Kier molecular flexibility index (Phi) is 6.36. The Balaban J connectivity index is 2.19. The van der Waals surface area contributed by atoms with Gasteiger partial charge in [-0.1, -0.05) is 19.9 Å². The number of benzene rings is 1. The van der Waals surface area contributed by atoms with Gasteiger partial charge in [-0.3, -0.25) is 9.78 Å². The second-order valence-corrected chi connectivity index (χ2v) is 5.04. The minimum atomic E-state index is -0.215. The fourth-order valence-electron chi connectivity index (χ4n) is 2.06. The molecule has 0 radical (unpaired) electrons. The van der Waals surface area contributed by atoms with Crippen molar-refractivity contribution in [1.82, 2.24) is 9.97 Å². The van der Waals surface area contributed by atoms with Crippen LogP contribution in [0.1, 0.15) is 31.5 Å². The van der Waals surface area contributed by atoms with Gasteiger partial charge >= 0.3 is 0 Å². The molecule has 0 aliphatic rings. The molecule has 7 heteroatoms. The Morgan fingerprint density at radius 2 is 2.21 bits per heavy atom. The van der Waals surface area contributed by atoms with E-state index in [4.69, 9.17) is 9.47 Å². The highest BCUT2D eigenvalue weighted by atomic mass is 16.5. The molecule has 1 aromatic heterocycles. The van der Waals surface area contributed by atoms with Gasteiger partial charge in [0, 0.05) is 17.3 Å². The number of hydrogen-bond acceptors (Lipinski definition) is 6. The molecule has 0 aliphatic heterocycles. The molecule has 24 heavy (non-hydrogen) atoms. The number of nitrogens with zero attached hydrogens (tertiary/aromatic N) is 2. The van der Waals surface area contributed by atoms with Gasteiger partial charge in [-0.25, -0.2) is 10.4 Å². The number of hydrogen-bond donors (Lipinski definition) is 2. The number of aromatic amines is 1. The molecule has 0 saturated heterocycles. The molecule has 0 amide bonds. The maximum absolute atomic E-state index is 11.5. The van der Waals surface area contributed by atoms with Crippen molar-refractivity contribution in [2.75, 3.05) is 19.1 Å². The SMILES string of the molecule is CCCOc1c(/C=N\Nc2nc(CC)cc(=O)[nH]2)cccc1OC. The normalized spacial score (nSPS) is 10.8. The van der Waals surface area contributed by atoms with E-state index in [9.17, 15) is 4.79 Å². The smallest absolute Gasteiger partial charge is 0.252 e. The Morgan fingerprint density at radius 3 is 2.92 bits per heavy atom. The van der Waals surface area contributed by atoms with Crippen LogP contribution in [0.4, 0.5) is 5.95 Å². The van der Waals surface area contributed by atoms with Gasteiger partial charge in [0.1, 0.15) is 0 Å². The van der Waals surface area contributed by atoms with E-state index in [-0.39, 0.29) is 5.56 Å². The molecule has 0 bridgehead atoms. The predicted molar refractivity (Wildman–Crippen MR) is 94.2 cm³/mol. The van der Waals surface area contributed by atoms with Crippen LogP contribution < -0.4 is 20.5 Å². The molecule has 0 aliphatic carbocycles. The first-order valence-electron chi connectivity index (χ1n) is 7.87. The van der Waals surface area contributed by atoms with Crippen molar-refractivity contribution in [2.45, 2.75) is 26.7 Å². The number of methoxy groups -OCH3 is 1. The second kappa shape index (κ2) is 8.71. The standard InChI is InChI=1S/C17H22N4O3/c1-4-9-24-16-12(7-6-8-14(16)23-3)11-18-21-17-19-13(5-2)10-15(22)20-17/h6-8,10-11H,4-5,9H2,1-3H3,(H2,19,20,21,22)/b18-11-. The lowest BCUT2D eigenvalue weighted by molar-refractivity contribution is 0.294. The molecule has 2 aromatic rings. The Labute approximate surface area is 140 Å². The van der Waals surface area contributed by atoms with Crippen molar-refractivity contribution in [3.05, 3.63) is 45.9 Å². The summed E-state index contributed by atoms with van der Waals surface area (Å²) in [5, 5.41) is 4.13. The van der Waals surface area contributed by atoms with Crippen LogP contribution in [0.15, 0.2) is 34.2 Å². The summed E-state index contributed by atoms with van der Waals surface area (Å²) in [5.41, 5.74) is 3.99. The topological polar surface area (TPSA) is 88.6 Å². The van der Waals surface area contributed by atoms with Crippen LogP contribution in [0, 0.1) is 0 Å². The van der Waals surface area contributed by atoms with Crippen molar-refractivity contribution in [2.24, 2.45) is 5.10 Å². The van der Waals surface area contributed by atoms with Gasteiger partial charge < -0.3 is 9.47 Å². The Morgan fingerprint density at radius 1 is 1.38 bits per heavy atom.